The number of carbonyl (C=O) groups excluding carboxylic acids is 2. The predicted octanol–water partition coefficient (Wildman–Crippen LogP) is 0.794. The van der Waals surface area contributed by atoms with E-state index in [-0.39, 0.29) is 24.2 Å². The van der Waals surface area contributed by atoms with Crippen molar-refractivity contribution in [3.8, 4) is 5.75 Å². The lowest BCUT2D eigenvalue weighted by molar-refractivity contribution is -0.122. The smallest absolute Gasteiger partial charge is 0.265 e. The molecule has 0 fully saturated rings. The number of anilines is 1. The molecule has 0 aliphatic carbocycles. The fourth-order valence-electron chi connectivity index (χ4n) is 2.06. The molecule has 1 aliphatic rings. The molecule has 2 rings (SSSR count). The second-order valence-corrected chi connectivity index (χ2v) is 4.93. The Morgan fingerprint density at radius 2 is 2.13 bits per heavy atom. The lowest BCUT2D eigenvalue weighted by Gasteiger charge is -2.25. The number of halogens is 1. The van der Waals surface area contributed by atoms with E-state index in [1.165, 1.54) is 0 Å². The largest absolute Gasteiger partial charge is 0.478 e. The minimum absolute atomic E-state index is 0. The van der Waals surface area contributed by atoms with Gasteiger partial charge in [-0.2, -0.15) is 0 Å². The zero-order valence-corrected chi connectivity index (χ0v) is 14.0. The molecule has 0 saturated carbocycles. The van der Waals surface area contributed by atoms with E-state index in [0.717, 1.165) is 6.54 Å². The van der Waals surface area contributed by atoms with Gasteiger partial charge >= 0.3 is 0 Å². The van der Waals surface area contributed by atoms with E-state index >= 15 is 0 Å². The molecule has 0 spiro atoms. The monoisotopic (exact) mass is 343 g/mol. The lowest BCUT2D eigenvalue weighted by Crippen LogP contribution is -2.37. The van der Waals surface area contributed by atoms with Gasteiger partial charge in [0, 0.05) is 26.7 Å². The van der Waals surface area contributed by atoms with Gasteiger partial charge in [0.2, 0.25) is 0 Å². The third kappa shape index (κ3) is 5.09. The molecule has 8 heteroatoms. The van der Waals surface area contributed by atoms with Gasteiger partial charge < -0.3 is 25.4 Å². The fraction of sp³-hybridized carbons (Fsp3) is 0.467. The number of amides is 2. The van der Waals surface area contributed by atoms with Crippen LogP contribution in [0.25, 0.3) is 0 Å². The van der Waals surface area contributed by atoms with Crippen molar-refractivity contribution in [1.29, 1.82) is 0 Å². The summed E-state index contributed by atoms with van der Waals surface area (Å²) in [6.45, 7) is 4.16. The highest BCUT2D eigenvalue weighted by Gasteiger charge is 2.27. The quantitative estimate of drug-likeness (QED) is 0.637. The average molecular weight is 344 g/mol. The van der Waals surface area contributed by atoms with Crippen LogP contribution in [0.3, 0.4) is 0 Å². The van der Waals surface area contributed by atoms with Gasteiger partial charge in [0.15, 0.2) is 11.9 Å². The Hall–Kier alpha value is -1.83. The number of para-hydroxylation sites is 1. The minimum Gasteiger partial charge on any atom is -0.478 e. The Morgan fingerprint density at radius 1 is 1.35 bits per heavy atom. The van der Waals surface area contributed by atoms with Crippen LogP contribution in [0.2, 0.25) is 0 Å². The van der Waals surface area contributed by atoms with Crippen molar-refractivity contribution >= 4 is 29.9 Å². The molecule has 0 aromatic heterocycles. The highest BCUT2D eigenvalue weighted by molar-refractivity contribution is 6.03. The molecule has 23 heavy (non-hydrogen) atoms. The number of hydrogen-bond donors (Lipinski definition) is 3. The van der Waals surface area contributed by atoms with E-state index < -0.39 is 6.10 Å². The van der Waals surface area contributed by atoms with E-state index in [0.29, 0.717) is 36.7 Å². The standard InChI is InChI=1S/C15H21N3O4.ClH/c1-10-14(19)18-12-5-3-4-11(13(12)22-10)15(20)17-7-6-16-8-9-21-2;/h3-5,10,16H,6-9H2,1-2H3,(H,17,20)(H,18,19);1H. The molecule has 2 amide bonds. The van der Waals surface area contributed by atoms with Crippen LogP contribution in [0.15, 0.2) is 18.2 Å². The number of hydrogen-bond acceptors (Lipinski definition) is 5. The number of nitrogens with one attached hydrogen (secondary N) is 3. The molecule has 0 bridgehead atoms. The van der Waals surface area contributed by atoms with Crippen molar-refractivity contribution in [3.63, 3.8) is 0 Å². The molecule has 1 aromatic rings. The molecule has 0 saturated heterocycles. The number of methoxy groups -OCH3 is 1. The lowest BCUT2D eigenvalue weighted by atomic mass is 10.1. The van der Waals surface area contributed by atoms with Crippen LogP contribution < -0.4 is 20.7 Å². The molecule has 128 valence electrons. The van der Waals surface area contributed by atoms with Crippen LogP contribution >= 0.6 is 12.4 Å². The van der Waals surface area contributed by atoms with Crippen molar-refractivity contribution in [1.82, 2.24) is 10.6 Å². The molecule has 1 aliphatic heterocycles. The molecular formula is C15H22ClN3O4. The number of carbonyl (C=O) groups is 2. The van der Waals surface area contributed by atoms with E-state index in [1.54, 1.807) is 32.2 Å². The molecule has 1 heterocycles. The van der Waals surface area contributed by atoms with Crippen molar-refractivity contribution in [2.45, 2.75) is 13.0 Å². The Morgan fingerprint density at radius 3 is 2.87 bits per heavy atom. The van der Waals surface area contributed by atoms with Crippen LogP contribution in [0, 0.1) is 0 Å². The van der Waals surface area contributed by atoms with Gasteiger partial charge in [-0.1, -0.05) is 6.07 Å². The SMILES string of the molecule is COCCNCCNC(=O)c1cccc2c1OC(C)C(=O)N2.Cl. The molecule has 1 unspecified atom stereocenters. The number of fused-ring (bicyclic) bond motifs is 1. The Labute approximate surface area is 141 Å². The zero-order valence-electron chi connectivity index (χ0n) is 13.2. The average Bonchev–Trinajstić information content (AvgIpc) is 2.51. The molecule has 1 atom stereocenters. The van der Waals surface area contributed by atoms with Crippen molar-refractivity contribution in [2.75, 3.05) is 38.7 Å². The van der Waals surface area contributed by atoms with E-state index in [1.807, 2.05) is 0 Å². The number of benzene rings is 1. The van der Waals surface area contributed by atoms with Crippen LogP contribution in [0.1, 0.15) is 17.3 Å². The minimum atomic E-state index is -0.614. The molecule has 3 N–H and O–H groups in total. The van der Waals surface area contributed by atoms with Crippen molar-refractivity contribution in [2.24, 2.45) is 0 Å². The Kier molecular flexibility index (Phi) is 7.80. The van der Waals surface area contributed by atoms with E-state index in [4.69, 9.17) is 9.47 Å². The van der Waals surface area contributed by atoms with E-state index in [2.05, 4.69) is 16.0 Å². The molecule has 0 radical (unpaired) electrons. The summed E-state index contributed by atoms with van der Waals surface area (Å²) in [6, 6.07) is 5.10. The van der Waals surface area contributed by atoms with Gasteiger partial charge in [-0.05, 0) is 19.1 Å². The van der Waals surface area contributed by atoms with Gasteiger partial charge in [-0.25, -0.2) is 0 Å². The Bertz CT molecular complexity index is 554. The van der Waals surface area contributed by atoms with Crippen LogP contribution in [-0.2, 0) is 9.53 Å². The highest BCUT2D eigenvalue weighted by Crippen LogP contribution is 2.33. The summed E-state index contributed by atoms with van der Waals surface area (Å²) in [5.41, 5.74) is 0.940. The summed E-state index contributed by atoms with van der Waals surface area (Å²) in [7, 11) is 1.64. The highest BCUT2D eigenvalue weighted by atomic mass is 35.5. The maximum atomic E-state index is 12.2. The maximum Gasteiger partial charge on any atom is 0.265 e. The summed E-state index contributed by atoms with van der Waals surface area (Å²) >= 11 is 0. The first-order valence-corrected chi connectivity index (χ1v) is 7.22. The van der Waals surface area contributed by atoms with Gasteiger partial charge in [0.1, 0.15) is 0 Å². The summed E-state index contributed by atoms with van der Waals surface area (Å²) in [6.07, 6.45) is -0.614. The zero-order chi connectivity index (χ0) is 15.9. The normalized spacial score (nSPS) is 15.7. The predicted molar refractivity (Wildman–Crippen MR) is 89.5 cm³/mol. The van der Waals surface area contributed by atoms with E-state index in [9.17, 15) is 9.59 Å². The van der Waals surface area contributed by atoms with Gasteiger partial charge in [0.05, 0.1) is 17.9 Å². The first-order valence-electron chi connectivity index (χ1n) is 7.22. The maximum absolute atomic E-state index is 12.2. The van der Waals surface area contributed by atoms with Gasteiger partial charge in [-0.15, -0.1) is 12.4 Å². The number of ether oxygens (including phenoxy) is 2. The molecular weight excluding hydrogens is 322 g/mol. The Balaban J connectivity index is 0.00000264. The van der Waals surface area contributed by atoms with Gasteiger partial charge in [-0.3, -0.25) is 9.59 Å². The summed E-state index contributed by atoms with van der Waals surface area (Å²) in [4.78, 5) is 23.8. The summed E-state index contributed by atoms with van der Waals surface area (Å²) < 4.78 is 10.5. The summed E-state index contributed by atoms with van der Waals surface area (Å²) in [5.74, 6) is -0.0272. The van der Waals surface area contributed by atoms with Gasteiger partial charge in [0.25, 0.3) is 11.8 Å². The number of rotatable bonds is 7. The first-order chi connectivity index (χ1) is 10.6. The second kappa shape index (κ2) is 9.34. The third-order valence-corrected chi connectivity index (χ3v) is 3.25. The van der Waals surface area contributed by atoms with Crippen LogP contribution in [-0.4, -0.2) is 51.3 Å². The summed E-state index contributed by atoms with van der Waals surface area (Å²) in [5, 5.41) is 8.68. The molecule has 7 nitrogen and oxygen atoms in total. The third-order valence-electron chi connectivity index (χ3n) is 3.25. The topological polar surface area (TPSA) is 88.7 Å². The second-order valence-electron chi connectivity index (χ2n) is 4.93. The van der Waals surface area contributed by atoms with Crippen molar-refractivity contribution < 1.29 is 19.1 Å². The fourth-order valence-corrected chi connectivity index (χ4v) is 2.06. The first kappa shape index (κ1) is 19.2. The molecule has 1 aromatic carbocycles. The van der Waals surface area contributed by atoms with Crippen molar-refractivity contribution in [3.05, 3.63) is 23.8 Å². The van der Waals surface area contributed by atoms with Crippen LogP contribution in [0.4, 0.5) is 5.69 Å². The van der Waals surface area contributed by atoms with Crippen LogP contribution in [0.5, 0.6) is 5.75 Å².